The van der Waals surface area contributed by atoms with E-state index in [9.17, 15) is 0 Å². The lowest BCUT2D eigenvalue weighted by Crippen LogP contribution is -2.41. The fraction of sp³-hybridized carbons (Fsp3) is 1.00. The van der Waals surface area contributed by atoms with Crippen molar-refractivity contribution in [1.82, 2.24) is 10.2 Å². The van der Waals surface area contributed by atoms with E-state index in [2.05, 4.69) is 24.2 Å². The molecule has 3 nitrogen and oxygen atoms in total. The Hall–Kier alpha value is -0.120. The van der Waals surface area contributed by atoms with E-state index >= 15 is 0 Å². The topological polar surface area (TPSA) is 35.5 Å². The van der Waals surface area contributed by atoms with E-state index in [-0.39, 0.29) is 6.61 Å². The molecule has 0 aliphatic heterocycles. The van der Waals surface area contributed by atoms with E-state index in [0.717, 1.165) is 25.6 Å². The minimum atomic E-state index is 0.273. The van der Waals surface area contributed by atoms with E-state index in [4.69, 9.17) is 5.11 Å². The van der Waals surface area contributed by atoms with Crippen LogP contribution < -0.4 is 5.32 Å². The summed E-state index contributed by atoms with van der Waals surface area (Å²) in [7, 11) is 2.12. The van der Waals surface area contributed by atoms with Gasteiger partial charge in [0.1, 0.15) is 0 Å². The molecule has 1 aliphatic carbocycles. The molecule has 0 saturated heterocycles. The molecule has 0 spiro atoms. The standard InChI is InChI=1S/C13H28N2O/c1-3-14-13-8-6-4-5-7-12(13)11-15(2)9-10-16/h12-14,16H,3-11H2,1-2H3. The van der Waals surface area contributed by atoms with Crippen molar-refractivity contribution in [1.29, 1.82) is 0 Å². The fourth-order valence-electron chi connectivity index (χ4n) is 2.80. The minimum Gasteiger partial charge on any atom is -0.395 e. The number of likely N-dealkylation sites (N-methyl/N-ethyl adjacent to an activating group) is 1. The summed E-state index contributed by atoms with van der Waals surface area (Å²) in [5, 5.41) is 12.6. The fourth-order valence-corrected chi connectivity index (χ4v) is 2.80. The molecule has 2 atom stereocenters. The highest BCUT2D eigenvalue weighted by molar-refractivity contribution is 4.81. The predicted molar refractivity (Wildman–Crippen MR) is 68.6 cm³/mol. The van der Waals surface area contributed by atoms with Gasteiger partial charge < -0.3 is 15.3 Å². The summed E-state index contributed by atoms with van der Waals surface area (Å²) in [5.74, 6) is 0.763. The molecule has 2 unspecified atom stereocenters. The van der Waals surface area contributed by atoms with Gasteiger partial charge in [-0.05, 0) is 32.4 Å². The van der Waals surface area contributed by atoms with Crippen LogP contribution in [-0.2, 0) is 0 Å². The second-order valence-electron chi connectivity index (χ2n) is 5.05. The first-order valence-corrected chi connectivity index (χ1v) is 6.80. The molecule has 0 aromatic heterocycles. The van der Waals surface area contributed by atoms with Gasteiger partial charge in [-0.25, -0.2) is 0 Å². The maximum absolute atomic E-state index is 8.93. The number of hydrogen-bond donors (Lipinski definition) is 2. The summed E-state index contributed by atoms with van der Waals surface area (Å²) in [5.41, 5.74) is 0. The summed E-state index contributed by atoms with van der Waals surface area (Å²) in [6, 6.07) is 0.689. The first-order valence-electron chi connectivity index (χ1n) is 6.80. The lowest BCUT2D eigenvalue weighted by atomic mass is 9.94. The lowest BCUT2D eigenvalue weighted by Gasteiger charge is -2.29. The average Bonchev–Trinajstić information content (AvgIpc) is 2.46. The largest absolute Gasteiger partial charge is 0.395 e. The van der Waals surface area contributed by atoms with Crippen LogP contribution >= 0.6 is 0 Å². The Morgan fingerprint density at radius 3 is 2.69 bits per heavy atom. The van der Waals surface area contributed by atoms with Crippen LogP contribution in [-0.4, -0.2) is 49.3 Å². The third-order valence-corrected chi connectivity index (χ3v) is 3.65. The van der Waals surface area contributed by atoms with Crippen molar-refractivity contribution >= 4 is 0 Å². The molecule has 0 aromatic rings. The Labute approximate surface area is 100 Å². The smallest absolute Gasteiger partial charge is 0.0558 e. The van der Waals surface area contributed by atoms with Gasteiger partial charge in [0, 0.05) is 19.1 Å². The quantitative estimate of drug-likeness (QED) is 0.676. The van der Waals surface area contributed by atoms with Crippen molar-refractivity contribution in [3.8, 4) is 0 Å². The van der Waals surface area contributed by atoms with Gasteiger partial charge in [0.15, 0.2) is 0 Å². The zero-order chi connectivity index (χ0) is 11.8. The molecular weight excluding hydrogens is 200 g/mol. The van der Waals surface area contributed by atoms with Crippen molar-refractivity contribution in [2.45, 2.75) is 45.1 Å². The molecule has 1 saturated carbocycles. The average molecular weight is 228 g/mol. The van der Waals surface area contributed by atoms with Crippen LogP contribution in [0.2, 0.25) is 0 Å². The van der Waals surface area contributed by atoms with Crippen LogP contribution in [0, 0.1) is 5.92 Å². The molecule has 0 amide bonds. The van der Waals surface area contributed by atoms with Gasteiger partial charge in [-0.3, -0.25) is 0 Å². The number of aliphatic hydroxyl groups is 1. The van der Waals surface area contributed by atoms with Crippen molar-refractivity contribution in [3.05, 3.63) is 0 Å². The predicted octanol–water partition coefficient (Wildman–Crippen LogP) is 1.47. The number of rotatable bonds is 6. The van der Waals surface area contributed by atoms with Crippen molar-refractivity contribution in [2.24, 2.45) is 5.92 Å². The second kappa shape index (κ2) is 8.04. The van der Waals surface area contributed by atoms with Gasteiger partial charge >= 0.3 is 0 Å². The van der Waals surface area contributed by atoms with Crippen LogP contribution in [0.15, 0.2) is 0 Å². The van der Waals surface area contributed by atoms with Gasteiger partial charge in [-0.15, -0.1) is 0 Å². The molecule has 1 fully saturated rings. The van der Waals surface area contributed by atoms with Crippen molar-refractivity contribution < 1.29 is 5.11 Å². The van der Waals surface area contributed by atoms with Gasteiger partial charge in [0.25, 0.3) is 0 Å². The van der Waals surface area contributed by atoms with Gasteiger partial charge in [-0.1, -0.05) is 26.2 Å². The summed E-state index contributed by atoms with van der Waals surface area (Å²) >= 11 is 0. The molecule has 0 bridgehead atoms. The molecular formula is C13H28N2O. The molecule has 3 heteroatoms. The van der Waals surface area contributed by atoms with Crippen molar-refractivity contribution in [3.63, 3.8) is 0 Å². The molecule has 0 radical (unpaired) electrons. The summed E-state index contributed by atoms with van der Waals surface area (Å²) < 4.78 is 0. The van der Waals surface area contributed by atoms with Gasteiger partial charge in [-0.2, -0.15) is 0 Å². The zero-order valence-electron chi connectivity index (χ0n) is 10.9. The molecule has 16 heavy (non-hydrogen) atoms. The Kier molecular flexibility index (Phi) is 7.01. The lowest BCUT2D eigenvalue weighted by molar-refractivity contribution is 0.182. The van der Waals surface area contributed by atoms with Crippen LogP contribution in [0.5, 0.6) is 0 Å². The third kappa shape index (κ3) is 4.81. The highest BCUT2D eigenvalue weighted by Gasteiger charge is 2.23. The molecule has 2 N–H and O–H groups in total. The molecule has 96 valence electrons. The maximum atomic E-state index is 8.93. The Morgan fingerprint density at radius 2 is 2.00 bits per heavy atom. The van der Waals surface area contributed by atoms with E-state index in [0.29, 0.717) is 6.04 Å². The van der Waals surface area contributed by atoms with E-state index < -0.39 is 0 Å². The first-order chi connectivity index (χ1) is 7.77. The Morgan fingerprint density at radius 1 is 1.25 bits per heavy atom. The summed E-state index contributed by atoms with van der Waals surface area (Å²) in [4.78, 5) is 2.26. The van der Waals surface area contributed by atoms with Gasteiger partial charge in [0.05, 0.1) is 6.61 Å². The number of hydrogen-bond acceptors (Lipinski definition) is 3. The Bertz CT molecular complexity index is 175. The molecule has 0 heterocycles. The minimum absolute atomic E-state index is 0.273. The SMILES string of the molecule is CCNC1CCCCCC1CN(C)CCO. The maximum Gasteiger partial charge on any atom is 0.0558 e. The van der Waals surface area contributed by atoms with Crippen molar-refractivity contribution in [2.75, 3.05) is 33.3 Å². The second-order valence-corrected chi connectivity index (χ2v) is 5.05. The molecule has 1 rings (SSSR count). The van der Waals surface area contributed by atoms with Crippen LogP contribution in [0.25, 0.3) is 0 Å². The van der Waals surface area contributed by atoms with E-state index in [1.165, 1.54) is 32.1 Å². The highest BCUT2D eigenvalue weighted by Crippen LogP contribution is 2.24. The molecule has 0 aromatic carbocycles. The van der Waals surface area contributed by atoms with Crippen LogP contribution in [0.1, 0.15) is 39.0 Å². The summed E-state index contributed by atoms with van der Waals surface area (Å²) in [6.45, 7) is 5.47. The van der Waals surface area contributed by atoms with Crippen LogP contribution in [0.3, 0.4) is 0 Å². The molecule has 1 aliphatic rings. The van der Waals surface area contributed by atoms with Gasteiger partial charge in [0.2, 0.25) is 0 Å². The first kappa shape index (κ1) is 13.9. The third-order valence-electron chi connectivity index (χ3n) is 3.65. The summed E-state index contributed by atoms with van der Waals surface area (Å²) in [6.07, 6.45) is 6.80. The number of nitrogens with one attached hydrogen (secondary N) is 1. The van der Waals surface area contributed by atoms with E-state index in [1.807, 2.05) is 0 Å². The monoisotopic (exact) mass is 228 g/mol. The van der Waals surface area contributed by atoms with E-state index in [1.54, 1.807) is 0 Å². The number of nitrogens with zero attached hydrogens (tertiary/aromatic N) is 1. The normalized spacial score (nSPS) is 27.0. The van der Waals surface area contributed by atoms with Crippen LogP contribution in [0.4, 0.5) is 0 Å². The highest BCUT2D eigenvalue weighted by atomic mass is 16.3. The zero-order valence-corrected chi connectivity index (χ0v) is 10.9. The number of aliphatic hydroxyl groups excluding tert-OH is 1. The Balaban J connectivity index is 2.43.